The van der Waals surface area contributed by atoms with Crippen molar-refractivity contribution in [2.45, 2.75) is 26.1 Å². The SMILES string of the molecule is C=CC1CC(=O)N(c2ccccc2C#C[Si](C)(C)C)C1. The van der Waals surface area contributed by atoms with Gasteiger partial charge in [0.05, 0.1) is 5.69 Å². The first-order valence-electron chi connectivity index (χ1n) is 6.96. The van der Waals surface area contributed by atoms with Gasteiger partial charge in [0.25, 0.3) is 0 Å². The lowest BCUT2D eigenvalue weighted by Gasteiger charge is -2.18. The van der Waals surface area contributed by atoms with Gasteiger partial charge in [0.1, 0.15) is 8.07 Å². The molecular formula is C17H21NOSi. The van der Waals surface area contributed by atoms with E-state index in [-0.39, 0.29) is 11.8 Å². The first-order chi connectivity index (χ1) is 9.40. The monoisotopic (exact) mass is 283 g/mol. The first-order valence-corrected chi connectivity index (χ1v) is 10.5. The average molecular weight is 283 g/mol. The molecule has 0 aliphatic carbocycles. The summed E-state index contributed by atoms with van der Waals surface area (Å²) >= 11 is 0. The molecule has 1 fully saturated rings. The Balaban J connectivity index is 2.35. The molecule has 1 saturated heterocycles. The smallest absolute Gasteiger partial charge is 0.227 e. The summed E-state index contributed by atoms with van der Waals surface area (Å²) in [5.74, 6) is 3.69. The van der Waals surface area contributed by atoms with Crippen molar-refractivity contribution in [1.29, 1.82) is 0 Å². The van der Waals surface area contributed by atoms with E-state index in [4.69, 9.17) is 0 Å². The molecular weight excluding hydrogens is 262 g/mol. The summed E-state index contributed by atoms with van der Waals surface area (Å²) in [4.78, 5) is 14.0. The number of carbonyl (C=O) groups is 1. The zero-order valence-corrected chi connectivity index (χ0v) is 13.4. The molecule has 3 heteroatoms. The van der Waals surface area contributed by atoms with Crippen molar-refractivity contribution in [2.24, 2.45) is 5.92 Å². The van der Waals surface area contributed by atoms with Crippen molar-refractivity contribution < 1.29 is 4.79 Å². The highest BCUT2D eigenvalue weighted by molar-refractivity contribution is 6.83. The molecule has 1 atom stereocenters. The number of para-hydroxylation sites is 1. The maximum absolute atomic E-state index is 12.1. The van der Waals surface area contributed by atoms with Crippen LogP contribution in [0, 0.1) is 17.4 Å². The van der Waals surface area contributed by atoms with Crippen molar-refractivity contribution in [2.75, 3.05) is 11.4 Å². The van der Waals surface area contributed by atoms with E-state index in [0.717, 1.165) is 11.3 Å². The van der Waals surface area contributed by atoms with E-state index in [1.54, 1.807) is 0 Å². The van der Waals surface area contributed by atoms with Gasteiger partial charge in [-0.2, -0.15) is 0 Å². The first kappa shape index (κ1) is 14.6. The van der Waals surface area contributed by atoms with Crippen LogP contribution in [0.15, 0.2) is 36.9 Å². The van der Waals surface area contributed by atoms with Gasteiger partial charge in [-0.3, -0.25) is 4.79 Å². The van der Waals surface area contributed by atoms with Crippen LogP contribution >= 0.6 is 0 Å². The van der Waals surface area contributed by atoms with Gasteiger partial charge in [-0.15, -0.1) is 12.1 Å². The van der Waals surface area contributed by atoms with Crippen molar-refractivity contribution in [3.8, 4) is 11.5 Å². The van der Waals surface area contributed by atoms with Crippen LogP contribution < -0.4 is 4.90 Å². The minimum Gasteiger partial charge on any atom is -0.311 e. The van der Waals surface area contributed by atoms with Gasteiger partial charge >= 0.3 is 0 Å². The quantitative estimate of drug-likeness (QED) is 0.462. The molecule has 1 unspecified atom stereocenters. The summed E-state index contributed by atoms with van der Waals surface area (Å²) in [6.07, 6.45) is 2.42. The van der Waals surface area contributed by atoms with Crippen molar-refractivity contribution in [1.82, 2.24) is 0 Å². The molecule has 0 radical (unpaired) electrons. The normalized spacial score (nSPS) is 18.6. The Hall–Kier alpha value is -1.79. The number of hydrogen-bond acceptors (Lipinski definition) is 1. The van der Waals surface area contributed by atoms with E-state index >= 15 is 0 Å². The van der Waals surface area contributed by atoms with E-state index in [2.05, 4.69) is 37.7 Å². The lowest BCUT2D eigenvalue weighted by atomic mass is 10.1. The van der Waals surface area contributed by atoms with E-state index in [0.29, 0.717) is 13.0 Å². The topological polar surface area (TPSA) is 20.3 Å². The van der Waals surface area contributed by atoms with Gasteiger partial charge in [-0.25, -0.2) is 0 Å². The van der Waals surface area contributed by atoms with Crippen LogP contribution in [0.3, 0.4) is 0 Å². The largest absolute Gasteiger partial charge is 0.311 e. The fraction of sp³-hybridized carbons (Fsp3) is 0.353. The van der Waals surface area contributed by atoms with E-state index in [1.807, 2.05) is 35.2 Å². The van der Waals surface area contributed by atoms with Gasteiger partial charge < -0.3 is 4.90 Å². The predicted octanol–water partition coefficient (Wildman–Crippen LogP) is 3.45. The van der Waals surface area contributed by atoms with Crippen LogP contribution in [0.2, 0.25) is 19.6 Å². The molecule has 0 saturated carbocycles. The van der Waals surface area contributed by atoms with Crippen LogP contribution in [0.25, 0.3) is 0 Å². The zero-order chi connectivity index (χ0) is 14.8. The molecule has 0 aromatic heterocycles. The summed E-state index contributed by atoms with van der Waals surface area (Å²) in [5.41, 5.74) is 5.26. The Morgan fingerprint density at radius 1 is 1.35 bits per heavy atom. The van der Waals surface area contributed by atoms with Gasteiger partial charge in [0.2, 0.25) is 5.91 Å². The number of nitrogens with zero attached hydrogens (tertiary/aromatic N) is 1. The third-order valence-corrected chi connectivity index (χ3v) is 4.13. The highest BCUT2D eigenvalue weighted by atomic mass is 28.3. The second kappa shape index (κ2) is 5.68. The van der Waals surface area contributed by atoms with Gasteiger partial charge in [-0.05, 0) is 12.1 Å². The molecule has 2 nitrogen and oxygen atoms in total. The van der Waals surface area contributed by atoms with Crippen molar-refractivity contribution in [3.63, 3.8) is 0 Å². The molecule has 1 aromatic rings. The Kier molecular flexibility index (Phi) is 4.15. The average Bonchev–Trinajstić information content (AvgIpc) is 2.77. The summed E-state index contributed by atoms with van der Waals surface area (Å²) in [6.45, 7) is 11.2. The van der Waals surface area contributed by atoms with Gasteiger partial charge in [-0.1, -0.05) is 43.8 Å². The van der Waals surface area contributed by atoms with E-state index in [9.17, 15) is 4.79 Å². The second-order valence-corrected chi connectivity index (χ2v) is 11.0. The number of rotatable bonds is 2. The molecule has 1 heterocycles. The van der Waals surface area contributed by atoms with Crippen LogP contribution in [0.1, 0.15) is 12.0 Å². The molecule has 1 aliphatic heterocycles. The fourth-order valence-electron chi connectivity index (χ4n) is 2.20. The third-order valence-electron chi connectivity index (χ3n) is 3.26. The summed E-state index contributed by atoms with van der Waals surface area (Å²) in [5, 5.41) is 0. The number of carbonyl (C=O) groups excluding carboxylic acids is 1. The van der Waals surface area contributed by atoms with Crippen LogP contribution in [-0.4, -0.2) is 20.5 Å². The van der Waals surface area contributed by atoms with E-state index < -0.39 is 8.07 Å². The molecule has 20 heavy (non-hydrogen) atoms. The summed E-state index contributed by atoms with van der Waals surface area (Å²) in [7, 11) is -1.42. The molecule has 1 amide bonds. The minimum atomic E-state index is -1.42. The minimum absolute atomic E-state index is 0.164. The number of benzene rings is 1. The van der Waals surface area contributed by atoms with Crippen LogP contribution in [0.5, 0.6) is 0 Å². The maximum Gasteiger partial charge on any atom is 0.227 e. The molecule has 1 aromatic carbocycles. The molecule has 0 bridgehead atoms. The molecule has 104 valence electrons. The lowest BCUT2D eigenvalue weighted by Crippen LogP contribution is -2.25. The third kappa shape index (κ3) is 3.40. The Morgan fingerprint density at radius 3 is 2.65 bits per heavy atom. The predicted molar refractivity (Wildman–Crippen MR) is 87.3 cm³/mol. The van der Waals surface area contributed by atoms with Gasteiger partial charge in [0, 0.05) is 24.4 Å². The van der Waals surface area contributed by atoms with Crippen LogP contribution in [-0.2, 0) is 4.79 Å². The fourth-order valence-corrected chi connectivity index (χ4v) is 2.71. The lowest BCUT2D eigenvalue weighted by molar-refractivity contribution is -0.117. The van der Waals surface area contributed by atoms with E-state index in [1.165, 1.54) is 0 Å². The maximum atomic E-state index is 12.1. The molecule has 0 spiro atoms. The number of amides is 1. The zero-order valence-electron chi connectivity index (χ0n) is 12.4. The Morgan fingerprint density at radius 2 is 2.05 bits per heavy atom. The summed E-state index contributed by atoms with van der Waals surface area (Å²) in [6, 6.07) is 7.92. The van der Waals surface area contributed by atoms with Crippen molar-refractivity contribution in [3.05, 3.63) is 42.5 Å². The summed E-state index contributed by atoms with van der Waals surface area (Å²) < 4.78 is 0. The molecule has 2 rings (SSSR count). The van der Waals surface area contributed by atoms with Crippen molar-refractivity contribution >= 4 is 19.7 Å². The standard InChI is InChI=1S/C17H21NOSi/c1-5-14-12-17(19)18(13-14)16-9-7-6-8-15(16)10-11-20(2,3)4/h5-9,14H,1,12-13H2,2-4H3. The highest BCUT2D eigenvalue weighted by Gasteiger charge is 2.29. The second-order valence-electron chi connectivity index (χ2n) is 6.22. The Bertz CT molecular complexity index is 589. The van der Waals surface area contributed by atoms with Gasteiger partial charge in [0.15, 0.2) is 0 Å². The highest BCUT2D eigenvalue weighted by Crippen LogP contribution is 2.28. The number of anilines is 1. The van der Waals surface area contributed by atoms with Crippen LogP contribution in [0.4, 0.5) is 5.69 Å². The molecule has 1 aliphatic rings. The number of hydrogen-bond donors (Lipinski definition) is 0. The Labute approximate surface area is 122 Å². The molecule has 0 N–H and O–H groups in total.